The fraction of sp³-hybridized carbons (Fsp3) is 0.600. The van der Waals surface area contributed by atoms with Gasteiger partial charge in [0.25, 0.3) is 5.91 Å². The van der Waals surface area contributed by atoms with Crippen LogP contribution in [-0.4, -0.2) is 49.5 Å². The summed E-state index contributed by atoms with van der Waals surface area (Å²) in [6, 6.07) is 6.95. The van der Waals surface area contributed by atoms with Crippen LogP contribution in [0, 0.1) is 12.8 Å². The first-order chi connectivity index (χ1) is 12.6. The minimum absolute atomic E-state index is 0.0798. The molecule has 0 spiro atoms. The molecular weight excluding hydrogens is 346 g/mol. The number of rotatable bonds is 9. The van der Waals surface area contributed by atoms with Crippen molar-refractivity contribution < 1.29 is 9.59 Å². The van der Waals surface area contributed by atoms with Gasteiger partial charge >= 0.3 is 0 Å². The number of nitrogens with one attached hydrogen (secondary N) is 3. The number of piperidine rings is 1. The van der Waals surface area contributed by atoms with Crippen molar-refractivity contribution in [3.63, 3.8) is 0 Å². The van der Waals surface area contributed by atoms with E-state index >= 15 is 0 Å². The zero-order chi connectivity index (χ0) is 18.8. The topological polar surface area (TPSA) is 70.2 Å². The molecule has 1 saturated heterocycles. The third-order valence-electron chi connectivity index (χ3n) is 4.76. The van der Waals surface area contributed by atoms with Crippen LogP contribution in [0.15, 0.2) is 24.3 Å². The van der Waals surface area contributed by atoms with E-state index in [0.29, 0.717) is 24.4 Å². The zero-order valence-electron chi connectivity index (χ0n) is 15.8. The van der Waals surface area contributed by atoms with Crippen molar-refractivity contribution >= 4 is 23.6 Å². The average molecular weight is 378 g/mol. The Morgan fingerprint density at radius 3 is 2.92 bits per heavy atom. The molecule has 1 aliphatic heterocycles. The zero-order valence-corrected chi connectivity index (χ0v) is 16.7. The standard InChI is InChI=1S/C20H31N3O2S/c1-15-5-3-7-17(13-15)19(24)23-18(9-12-26-2)20(25)22-11-8-16-6-4-10-21-14-16/h3,5,7,13,16,18,21H,4,6,8-12,14H2,1-2H3,(H,22,25)(H,23,24). The molecule has 0 radical (unpaired) electrons. The predicted octanol–water partition coefficient (Wildman–Crippen LogP) is 2.35. The highest BCUT2D eigenvalue weighted by molar-refractivity contribution is 7.98. The Bertz CT molecular complexity index is 588. The molecule has 0 aromatic heterocycles. The van der Waals surface area contributed by atoms with Crippen molar-refractivity contribution in [2.75, 3.05) is 31.6 Å². The summed E-state index contributed by atoms with van der Waals surface area (Å²) in [7, 11) is 0. The van der Waals surface area contributed by atoms with Crippen LogP contribution < -0.4 is 16.0 Å². The second-order valence-corrected chi connectivity index (χ2v) is 7.95. The van der Waals surface area contributed by atoms with Crippen LogP contribution in [0.1, 0.15) is 41.6 Å². The molecule has 26 heavy (non-hydrogen) atoms. The van der Waals surface area contributed by atoms with E-state index < -0.39 is 6.04 Å². The van der Waals surface area contributed by atoms with Gasteiger partial charge in [0.05, 0.1) is 0 Å². The van der Waals surface area contributed by atoms with Gasteiger partial charge in [-0.25, -0.2) is 0 Å². The maximum atomic E-state index is 12.6. The minimum atomic E-state index is -0.486. The van der Waals surface area contributed by atoms with E-state index in [1.165, 1.54) is 12.8 Å². The summed E-state index contributed by atoms with van der Waals surface area (Å²) in [5.74, 6) is 1.20. The van der Waals surface area contributed by atoms with E-state index in [9.17, 15) is 9.59 Å². The molecule has 0 aliphatic carbocycles. The van der Waals surface area contributed by atoms with Crippen molar-refractivity contribution in [3.8, 4) is 0 Å². The molecule has 1 aliphatic rings. The van der Waals surface area contributed by atoms with Crippen LogP contribution in [0.25, 0.3) is 0 Å². The van der Waals surface area contributed by atoms with Crippen LogP contribution in [-0.2, 0) is 4.79 Å². The van der Waals surface area contributed by atoms with Gasteiger partial charge in [-0.2, -0.15) is 11.8 Å². The highest BCUT2D eigenvalue weighted by atomic mass is 32.2. The number of hydrogen-bond acceptors (Lipinski definition) is 4. The summed E-state index contributed by atoms with van der Waals surface area (Å²) in [5.41, 5.74) is 1.63. The minimum Gasteiger partial charge on any atom is -0.354 e. The lowest BCUT2D eigenvalue weighted by atomic mass is 9.96. The highest BCUT2D eigenvalue weighted by Crippen LogP contribution is 2.13. The van der Waals surface area contributed by atoms with Gasteiger partial charge in [0.2, 0.25) is 5.91 Å². The number of carbonyl (C=O) groups excluding carboxylic acids is 2. The molecule has 2 rings (SSSR count). The van der Waals surface area contributed by atoms with Crippen molar-refractivity contribution in [2.45, 2.75) is 38.6 Å². The molecule has 6 heteroatoms. The number of aryl methyl sites for hydroxylation is 1. The Morgan fingerprint density at radius 2 is 2.23 bits per heavy atom. The van der Waals surface area contributed by atoms with Gasteiger partial charge in [0.1, 0.15) is 6.04 Å². The fourth-order valence-corrected chi connectivity index (χ4v) is 3.70. The van der Waals surface area contributed by atoms with Gasteiger partial charge < -0.3 is 16.0 Å². The van der Waals surface area contributed by atoms with Crippen molar-refractivity contribution in [1.29, 1.82) is 0 Å². The summed E-state index contributed by atoms with van der Waals surface area (Å²) < 4.78 is 0. The lowest BCUT2D eigenvalue weighted by molar-refractivity contribution is -0.123. The molecule has 0 saturated carbocycles. The van der Waals surface area contributed by atoms with Gasteiger partial charge in [-0.3, -0.25) is 9.59 Å². The van der Waals surface area contributed by atoms with Crippen molar-refractivity contribution in [2.24, 2.45) is 5.92 Å². The van der Waals surface area contributed by atoms with E-state index in [4.69, 9.17) is 0 Å². The Labute approximate surface area is 161 Å². The lowest BCUT2D eigenvalue weighted by Crippen LogP contribution is -2.47. The van der Waals surface area contributed by atoms with Gasteiger partial charge in [-0.1, -0.05) is 17.7 Å². The molecule has 2 atom stereocenters. The number of hydrogen-bond donors (Lipinski definition) is 3. The summed E-state index contributed by atoms with van der Waals surface area (Å²) in [6.07, 6.45) is 6.06. The monoisotopic (exact) mass is 377 g/mol. The summed E-state index contributed by atoms with van der Waals surface area (Å²) in [6.45, 7) is 4.76. The number of carbonyl (C=O) groups is 2. The molecule has 0 bridgehead atoms. The quantitative estimate of drug-likeness (QED) is 0.618. The molecule has 2 unspecified atom stereocenters. The van der Waals surface area contributed by atoms with Gasteiger partial charge in [0.15, 0.2) is 0 Å². The highest BCUT2D eigenvalue weighted by Gasteiger charge is 2.21. The second kappa shape index (κ2) is 11.2. The summed E-state index contributed by atoms with van der Waals surface area (Å²) in [4.78, 5) is 25.1. The van der Waals surface area contributed by atoms with E-state index in [2.05, 4.69) is 16.0 Å². The van der Waals surface area contributed by atoms with Crippen LogP contribution >= 0.6 is 11.8 Å². The van der Waals surface area contributed by atoms with E-state index in [1.807, 2.05) is 31.4 Å². The second-order valence-electron chi connectivity index (χ2n) is 6.97. The number of amides is 2. The maximum absolute atomic E-state index is 12.6. The van der Waals surface area contributed by atoms with Gasteiger partial charge in [-0.05, 0) is 75.8 Å². The molecule has 1 fully saturated rings. The molecule has 144 valence electrons. The molecule has 1 aromatic carbocycles. The van der Waals surface area contributed by atoms with Crippen molar-refractivity contribution in [3.05, 3.63) is 35.4 Å². The molecule has 5 nitrogen and oxygen atoms in total. The maximum Gasteiger partial charge on any atom is 0.251 e. The van der Waals surface area contributed by atoms with Gasteiger partial charge in [-0.15, -0.1) is 0 Å². The van der Waals surface area contributed by atoms with E-state index in [-0.39, 0.29) is 11.8 Å². The SMILES string of the molecule is CSCCC(NC(=O)c1cccc(C)c1)C(=O)NCCC1CCCNC1. The Kier molecular flexibility index (Phi) is 8.98. The normalized spacial score (nSPS) is 18.2. The molecule has 3 N–H and O–H groups in total. The Balaban J connectivity index is 1.85. The van der Waals surface area contributed by atoms with Gasteiger partial charge in [0, 0.05) is 12.1 Å². The van der Waals surface area contributed by atoms with Crippen LogP contribution in [0.4, 0.5) is 0 Å². The smallest absolute Gasteiger partial charge is 0.251 e. The molecule has 1 aromatic rings. The lowest BCUT2D eigenvalue weighted by Gasteiger charge is -2.23. The van der Waals surface area contributed by atoms with Crippen molar-refractivity contribution in [1.82, 2.24) is 16.0 Å². The fourth-order valence-electron chi connectivity index (χ4n) is 3.23. The van der Waals surface area contributed by atoms with Crippen LogP contribution in [0.2, 0.25) is 0 Å². The third kappa shape index (κ3) is 7.00. The van der Waals surface area contributed by atoms with Crippen LogP contribution in [0.5, 0.6) is 0 Å². The first-order valence-corrected chi connectivity index (χ1v) is 10.8. The largest absolute Gasteiger partial charge is 0.354 e. The third-order valence-corrected chi connectivity index (χ3v) is 5.41. The predicted molar refractivity (Wildman–Crippen MR) is 109 cm³/mol. The van der Waals surface area contributed by atoms with E-state index in [1.54, 1.807) is 17.8 Å². The first-order valence-electron chi connectivity index (χ1n) is 9.45. The van der Waals surface area contributed by atoms with E-state index in [0.717, 1.165) is 30.8 Å². The molecular formula is C20H31N3O2S. The summed E-state index contributed by atoms with van der Waals surface area (Å²) in [5, 5.41) is 9.32. The Hall–Kier alpha value is -1.53. The number of thioether (sulfide) groups is 1. The number of benzene rings is 1. The summed E-state index contributed by atoms with van der Waals surface area (Å²) >= 11 is 1.68. The Morgan fingerprint density at radius 1 is 1.38 bits per heavy atom. The molecule has 2 amide bonds. The first kappa shape index (κ1) is 20.8. The van der Waals surface area contributed by atoms with Crippen LogP contribution in [0.3, 0.4) is 0 Å². The molecule has 1 heterocycles. The average Bonchev–Trinajstić information content (AvgIpc) is 2.65.